The summed E-state index contributed by atoms with van der Waals surface area (Å²) in [5, 5.41) is 4.78. The van der Waals surface area contributed by atoms with Gasteiger partial charge in [0.15, 0.2) is 0 Å². The number of rotatable bonds is 5. The van der Waals surface area contributed by atoms with Crippen LogP contribution in [0.1, 0.15) is 19.3 Å². The zero-order chi connectivity index (χ0) is 19.7. The number of piperidine rings is 1. The van der Waals surface area contributed by atoms with Crippen LogP contribution in [0.2, 0.25) is 5.02 Å². The Balaban J connectivity index is 1.41. The molecular formula is C19H24ClN3O3S2. The molecule has 4 rings (SSSR count). The lowest BCUT2D eigenvalue weighted by molar-refractivity contribution is -0.134. The molecule has 0 aliphatic carbocycles. The highest BCUT2D eigenvalue weighted by Gasteiger charge is 2.34. The van der Waals surface area contributed by atoms with E-state index >= 15 is 0 Å². The maximum atomic E-state index is 13.0. The molecular weight excluding hydrogens is 418 g/mol. The van der Waals surface area contributed by atoms with Crippen molar-refractivity contribution in [2.75, 3.05) is 39.3 Å². The third-order valence-electron chi connectivity index (χ3n) is 5.60. The van der Waals surface area contributed by atoms with Gasteiger partial charge in [-0.15, -0.1) is 11.3 Å². The quantitative estimate of drug-likeness (QED) is 0.774. The number of nitrogens with one attached hydrogen (secondary N) is 1. The third-order valence-corrected chi connectivity index (χ3v) is 9.23. The number of amides is 1. The van der Waals surface area contributed by atoms with Crippen molar-refractivity contribution in [3.63, 3.8) is 0 Å². The molecule has 0 saturated carbocycles. The van der Waals surface area contributed by atoms with E-state index in [4.69, 9.17) is 11.6 Å². The molecule has 9 heteroatoms. The Kier molecular flexibility index (Phi) is 5.94. The first-order valence-corrected chi connectivity index (χ1v) is 12.2. The van der Waals surface area contributed by atoms with Gasteiger partial charge < -0.3 is 10.2 Å². The number of fused-ring (bicyclic) bond motifs is 1. The van der Waals surface area contributed by atoms with Gasteiger partial charge in [0.25, 0.3) is 10.0 Å². The molecule has 1 N–H and O–H groups in total. The summed E-state index contributed by atoms with van der Waals surface area (Å²) < 4.78 is 28.5. The number of thiophene rings is 1. The minimum Gasteiger partial charge on any atom is -0.340 e. The number of piperazine rings is 1. The summed E-state index contributed by atoms with van der Waals surface area (Å²) in [5.41, 5.74) is 0. The van der Waals surface area contributed by atoms with Gasteiger partial charge in [0.05, 0.1) is 6.54 Å². The number of sulfonamides is 1. The molecule has 28 heavy (non-hydrogen) atoms. The van der Waals surface area contributed by atoms with Gasteiger partial charge >= 0.3 is 0 Å². The van der Waals surface area contributed by atoms with Gasteiger partial charge in [0.1, 0.15) is 4.21 Å². The smallest absolute Gasteiger partial charge is 0.253 e. The summed E-state index contributed by atoms with van der Waals surface area (Å²) in [4.78, 5) is 14.4. The van der Waals surface area contributed by atoms with Crippen LogP contribution in [0.15, 0.2) is 28.5 Å². The molecule has 2 fully saturated rings. The average molecular weight is 442 g/mol. The molecule has 0 unspecified atom stereocenters. The van der Waals surface area contributed by atoms with Crippen LogP contribution >= 0.6 is 22.9 Å². The Hall–Kier alpha value is -1.19. The molecule has 6 nitrogen and oxygen atoms in total. The summed E-state index contributed by atoms with van der Waals surface area (Å²) in [6, 6.07) is 7.00. The number of carbonyl (C=O) groups excluding carboxylic acids is 1. The molecule has 1 aromatic carbocycles. The van der Waals surface area contributed by atoms with E-state index in [1.54, 1.807) is 18.2 Å². The SMILES string of the molecule is O=C1CN(S(=O)(=O)c2cc3ccc(Cl)cc3s2)CCN1CCC1CCNCC1. The summed E-state index contributed by atoms with van der Waals surface area (Å²) >= 11 is 7.20. The zero-order valence-electron chi connectivity index (χ0n) is 15.6. The molecule has 2 aliphatic rings. The van der Waals surface area contributed by atoms with E-state index in [9.17, 15) is 13.2 Å². The third kappa shape index (κ3) is 4.21. The molecule has 2 aromatic rings. The van der Waals surface area contributed by atoms with Crippen LogP contribution in [0.3, 0.4) is 0 Å². The standard InChI is InChI=1S/C19H24ClN3O3S2/c20-16-2-1-15-11-19(27-17(15)12-16)28(25,26)23-10-9-22(18(24)13-23)8-5-14-3-6-21-7-4-14/h1-2,11-12,14,21H,3-10,13H2. The van der Waals surface area contributed by atoms with Gasteiger partial charge in [-0.25, -0.2) is 8.42 Å². The lowest BCUT2D eigenvalue weighted by atomic mass is 9.94. The van der Waals surface area contributed by atoms with Crippen molar-refractivity contribution in [1.29, 1.82) is 0 Å². The number of hydrogen-bond donors (Lipinski definition) is 1. The van der Waals surface area contributed by atoms with E-state index in [0.29, 0.717) is 24.0 Å². The van der Waals surface area contributed by atoms with Crippen LogP contribution < -0.4 is 5.32 Å². The number of carbonyl (C=O) groups is 1. The average Bonchev–Trinajstić information content (AvgIpc) is 3.12. The molecule has 1 aromatic heterocycles. The van der Waals surface area contributed by atoms with Gasteiger partial charge in [-0.2, -0.15) is 4.31 Å². The Morgan fingerprint density at radius 2 is 1.96 bits per heavy atom. The van der Waals surface area contributed by atoms with Crippen LogP contribution in [-0.2, 0) is 14.8 Å². The van der Waals surface area contributed by atoms with Crippen molar-refractivity contribution in [2.45, 2.75) is 23.5 Å². The van der Waals surface area contributed by atoms with E-state index in [2.05, 4.69) is 5.32 Å². The van der Waals surface area contributed by atoms with E-state index in [1.807, 2.05) is 11.0 Å². The van der Waals surface area contributed by atoms with Gasteiger partial charge in [0.2, 0.25) is 5.91 Å². The van der Waals surface area contributed by atoms with Crippen molar-refractivity contribution >= 4 is 49.0 Å². The lowest BCUT2D eigenvalue weighted by Gasteiger charge is -2.34. The molecule has 3 heterocycles. The first kappa shape index (κ1) is 20.1. The first-order valence-electron chi connectivity index (χ1n) is 9.61. The fourth-order valence-corrected chi connectivity index (χ4v) is 7.08. The Morgan fingerprint density at radius 1 is 1.18 bits per heavy atom. The summed E-state index contributed by atoms with van der Waals surface area (Å²) in [7, 11) is -3.68. The van der Waals surface area contributed by atoms with Crippen molar-refractivity contribution in [3.05, 3.63) is 29.3 Å². The van der Waals surface area contributed by atoms with Gasteiger partial charge in [-0.05, 0) is 61.9 Å². The topological polar surface area (TPSA) is 69.7 Å². The second-order valence-corrected chi connectivity index (χ2v) is 11.1. The molecule has 152 valence electrons. The van der Waals surface area contributed by atoms with Crippen LogP contribution in [-0.4, -0.2) is 62.8 Å². The fourth-order valence-electron chi connectivity index (χ4n) is 3.87. The highest BCUT2D eigenvalue weighted by atomic mass is 35.5. The number of halogens is 1. The maximum Gasteiger partial charge on any atom is 0.253 e. The van der Waals surface area contributed by atoms with E-state index < -0.39 is 10.0 Å². The summed E-state index contributed by atoms with van der Waals surface area (Å²) in [6.07, 6.45) is 3.30. The molecule has 0 spiro atoms. The van der Waals surface area contributed by atoms with Crippen molar-refractivity contribution in [1.82, 2.24) is 14.5 Å². The summed E-state index contributed by atoms with van der Waals surface area (Å²) in [5.74, 6) is 0.550. The number of hydrogen-bond acceptors (Lipinski definition) is 5. The summed E-state index contributed by atoms with van der Waals surface area (Å²) in [6.45, 7) is 3.54. The zero-order valence-corrected chi connectivity index (χ0v) is 18.0. The van der Waals surface area contributed by atoms with Crippen LogP contribution in [0, 0.1) is 5.92 Å². The second kappa shape index (κ2) is 8.28. The van der Waals surface area contributed by atoms with E-state index in [0.717, 1.165) is 49.0 Å². The van der Waals surface area contributed by atoms with Crippen LogP contribution in [0.25, 0.3) is 10.1 Å². The maximum absolute atomic E-state index is 13.0. The first-order chi connectivity index (χ1) is 13.4. The van der Waals surface area contributed by atoms with Crippen molar-refractivity contribution in [2.24, 2.45) is 5.92 Å². The van der Waals surface area contributed by atoms with Gasteiger partial charge in [-0.1, -0.05) is 17.7 Å². The predicted molar refractivity (Wildman–Crippen MR) is 112 cm³/mol. The molecule has 0 bridgehead atoms. The largest absolute Gasteiger partial charge is 0.340 e. The Morgan fingerprint density at radius 3 is 2.71 bits per heavy atom. The van der Waals surface area contributed by atoms with Gasteiger partial charge in [0, 0.05) is 29.4 Å². The Bertz CT molecular complexity index is 970. The molecule has 2 saturated heterocycles. The normalized spacial score (nSPS) is 20.2. The van der Waals surface area contributed by atoms with Crippen molar-refractivity contribution in [3.8, 4) is 0 Å². The minimum absolute atomic E-state index is 0.0798. The van der Waals surface area contributed by atoms with E-state index in [-0.39, 0.29) is 16.7 Å². The van der Waals surface area contributed by atoms with Crippen LogP contribution in [0.5, 0.6) is 0 Å². The Labute approximate surface area is 174 Å². The minimum atomic E-state index is -3.68. The highest BCUT2D eigenvalue weighted by Crippen LogP contribution is 2.33. The number of nitrogens with zero attached hydrogens (tertiary/aromatic N) is 2. The lowest BCUT2D eigenvalue weighted by Crippen LogP contribution is -2.52. The molecule has 2 aliphatic heterocycles. The highest BCUT2D eigenvalue weighted by molar-refractivity contribution is 7.91. The fraction of sp³-hybridized carbons (Fsp3) is 0.526. The molecule has 0 radical (unpaired) electrons. The predicted octanol–water partition coefficient (Wildman–Crippen LogP) is 2.78. The van der Waals surface area contributed by atoms with Crippen molar-refractivity contribution < 1.29 is 13.2 Å². The monoisotopic (exact) mass is 441 g/mol. The van der Waals surface area contributed by atoms with Crippen LogP contribution in [0.4, 0.5) is 0 Å². The second-order valence-electron chi connectivity index (χ2n) is 7.45. The van der Waals surface area contributed by atoms with E-state index in [1.165, 1.54) is 15.6 Å². The van der Waals surface area contributed by atoms with Gasteiger partial charge in [-0.3, -0.25) is 4.79 Å². The molecule has 0 atom stereocenters. The number of benzene rings is 1. The molecule has 1 amide bonds.